The van der Waals surface area contributed by atoms with Gasteiger partial charge in [0.25, 0.3) is 0 Å². The van der Waals surface area contributed by atoms with Gasteiger partial charge in [0.15, 0.2) is 0 Å². The third-order valence-electron chi connectivity index (χ3n) is 1.63. The molecule has 62 valence electrons. The van der Waals surface area contributed by atoms with Gasteiger partial charge in [-0.05, 0) is 32.7 Å². The molecule has 0 aromatic carbocycles. The van der Waals surface area contributed by atoms with Crippen molar-refractivity contribution in [3.05, 3.63) is 0 Å². The topological polar surface area (TPSA) is 21.3 Å². The van der Waals surface area contributed by atoms with Crippen molar-refractivity contribution in [2.45, 2.75) is 32.4 Å². The highest BCUT2D eigenvalue weighted by Gasteiger charge is 2.10. The zero-order valence-corrected chi connectivity index (χ0v) is 7.25. The lowest BCUT2D eigenvalue weighted by Gasteiger charge is -2.22. The zero-order chi connectivity index (χ0) is 6.53. The van der Waals surface area contributed by atoms with Crippen molar-refractivity contribution >= 4 is 12.4 Å². The van der Waals surface area contributed by atoms with Crippen LogP contribution in [0.3, 0.4) is 0 Å². The van der Waals surface area contributed by atoms with Gasteiger partial charge < -0.3 is 4.74 Å². The highest BCUT2D eigenvalue weighted by atomic mass is 35.5. The highest BCUT2D eigenvalue weighted by Crippen LogP contribution is 2.06. The van der Waals surface area contributed by atoms with E-state index in [-0.39, 0.29) is 12.4 Å². The Labute approximate surface area is 68.7 Å². The predicted octanol–water partition coefficient (Wildman–Crippen LogP) is 1.54. The van der Waals surface area contributed by atoms with Crippen molar-refractivity contribution in [3.63, 3.8) is 0 Å². The minimum atomic E-state index is 0. The number of piperidine rings is 1. The summed E-state index contributed by atoms with van der Waals surface area (Å²) >= 11 is 0. The number of halogens is 1. The molecule has 10 heavy (non-hydrogen) atoms. The monoisotopic (exact) mass is 165 g/mol. The van der Waals surface area contributed by atoms with Gasteiger partial charge in [-0.3, -0.25) is 5.32 Å². The quantitative estimate of drug-likeness (QED) is 0.671. The van der Waals surface area contributed by atoms with Crippen LogP contribution in [0.1, 0.15) is 26.2 Å². The van der Waals surface area contributed by atoms with Crippen molar-refractivity contribution in [2.75, 3.05) is 13.2 Å². The smallest absolute Gasteiger partial charge is 0.108 e. The Kier molecular flexibility index (Phi) is 6.08. The molecule has 1 rings (SSSR count). The van der Waals surface area contributed by atoms with Crippen molar-refractivity contribution in [1.29, 1.82) is 0 Å². The largest absolute Gasteiger partial charge is 0.364 e. The minimum absolute atomic E-state index is 0. The van der Waals surface area contributed by atoms with E-state index in [1.807, 2.05) is 6.92 Å². The highest BCUT2D eigenvalue weighted by molar-refractivity contribution is 5.85. The first-order valence-electron chi connectivity index (χ1n) is 3.78. The van der Waals surface area contributed by atoms with Crippen LogP contribution in [0.5, 0.6) is 0 Å². The number of nitrogens with one attached hydrogen (secondary N) is 1. The normalized spacial score (nSPS) is 25.5. The Balaban J connectivity index is 0.000000810. The van der Waals surface area contributed by atoms with Crippen LogP contribution in [0.15, 0.2) is 0 Å². The summed E-state index contributed by atoms with van der Waals surface area (Å²) in [4.78, 5) is 0. The first kappa shape index (κ1) is 10.2. The third-order valence-corrected chi connectivity index (χ3v) is 1.63. The summed E-state index contributed by atoms with van der Waals surface area (Å²) < 4.78 is 5.37. The first-order chi connectivity index (χ1) is 4.43. The Bertz CT molecular complexity index is 71.3. The molecule has 0 aliphatic carbocycles. The van der Waals surface area contributed by atoms with Crippen LogP contribution < -0.4 is 5.32 Å². The zero-order valence-electron chi connectivity index (χ0n) is 6.43. The Morgan fingerprint density at radius 2 is 2.30 bits per heavy atom. The first-order valence-corrected chi connectivity index (χ1v) is 3.78. The molecule has 1 aliphatic rings. The summed E-state index contributed by atoms with van der Waals surface area (Å²) in [6, 6.07) is 0. The Morgan fingerprint density at radius 1 is 1.50 bits per heavy atom. The summed E-state index contributed by atoms with van der Waals surface area (Å²) in [7, 11) is 0. The van der Waals surface area contributed by atoms with E-state index in [4.69, 9.17) is 4.74 Å². The SMILES string of the molecule is CCOC1CCCCN1.Cl. The van der Waals surface area contributed by atoms with Gasteiger partial charge in [0, 0.05) is 6.61 Å². The average molecular weight is 166 g/mol. The molecule has 0 spiro atoms. The predicted molar refractivity (Wildman–Crippen MR) is 44.5 cm³/mol. The van der Waals surface area contributed by atoms with Gasteiger partial charge >= 0.3 is 0 Å². The van der Waals surface area contributed by atoms with Crippen LogP contribution in [0, 0.1) is 0 Å². The second kappa shape index (κ2) is 5.96. The van der Waals surface area contributed by atoms with E-state index in [2.05, 4.69) is 5.32 Å². The van der Waals surface area contributed by atoms with Gasteiger partial charge in [0.05, 0.1) is 0 Å². The van der Waals surface area contributed by atoms with E-state index in [1.165, 1.54) is 19.3 Å². The van der Waals surface area contributed by atoms with Crippen molar-refractivity contribution < 1.29 is 4.74 Å². The lowest BCUT2D eigenvalue weighted by molar-refractivity contribution is 0.0203. The summed E-state index contributed by atoms with van der Waals surface area (Å²) in [6.45, 7) is 4.00. The molecule has 0 aromatic rings. The van der Waals surface area contributed by atoms with E-state index in [1.54, 1.807) is 0 Å². The molecule has 0 amide bonds. The second-order valence-electron chi connectivity index (χ2n) is 2.39. The molecular formula is C7H16ClNO. The van der Waals surface area contributed by atoms with Crippen LogP contribution in [0.25, 0.3) is 0 Å². The Morgan fingerprint density at radius 3 is 2.80 bits per heavy atom. The molecule has 0 bridgehead atoms. The molecule has 0 aromatic heterocycles. The molecular weight excluding hydrogens is 150 g/mol. The van der Waals surface area contributed by atoms with Gasteiger partial charge in [-0.1, -0.05) is 0 Å². The summed E-state index contributed by atoms with van der Waals surface area (Å²) in [6.07, 6.45) is 4.17. The van der Waals surface area contributed by atoms with Crippen molar-refractivity contribution in [2.24, 2.45) is 0 Å². The van der Waals surface area contributed by atoms with E-state index in [0.717, 1.165) is 13.2 Å². The standard InChI is InChI=1S/C7H15NO.ClH/c1-2-9-7-5-3-4-6-8-7;/h7-8H,2-6H2,1H3;1H. The minimum Gasteiger partial charge on any atom is -0.364 e. The van der Waals surface area contributed by atoms with Gasteiger partial charge in [-0.2, -0.15) is 0 Å². The van der Waals surface area contributed by atoms with Crippen LogP contribution >= 0.6 is 12.4 Å². The van der Waals surface area contributed by atoms with Crippen molar-refractivity contribution in [3.8, 4) is 0 Å². The number of ether oxygens (including phenoxy) is 1. The maximum absolute atomic E-state index is 5.37. The van der Waals surface area contributed by atoms with Crippen LogP contribution in [0.4, 0.5) is 0 Å². The molecule has 1 N–H and O–H groups in total. The Hall–Kier alpha value is 0.210. The van der Waals surface area contributed by atoms with E-state index in [0.29, 0.717) is 6.23 Å². The number of hydrogen-bond acceptors (Lipinski definition) is 2. The maximum Gasteiger partial charge on any atom is 0.108 e. The molecule has 0 radical (unpaired) electrons. The number of hydrogen-bond donors (Lipinski definition) is 1. The summed E-state index contributed by atoms with van der Waals surface area (Å²) in [5.41, 5.74) is 0. The fraction of sp³-hybridized carbons (Fsp3) is 1.00. The second-order valence-corrected chi connectivity index (χ2v) is 2.39. The average Bonchev–Trinajstić information content (AvgIpc) is 1.91. The molecule has 0 saturated carbocycles. The molecule has 1 aliphatic heterocycles. The van der Waals surface area contributed by atoms with Gasteiger partial charge in [0.2, 0.25) is 0 Å². The molecule has 1 heterocycles. The van der Waals surface area contributed by atoms with E-state index >= 15 is 0 Å². The molecule has 2 nitrogen and oxygen atoms in total. The van der Waals surface area contributed by atoms with E-state index < -0.39 is 0 Å². The molecule has 1 unspecified atom stereocenters. The lowest BCUT2D eigenvalue weighted by atomic mass is 10.1. The lowest BCUT2D eigenvalue weighted by Crippen LogP contribution is -2.36. The van der Waals surface area contributed by atoms with Crippen LogP contribution in [0.2, 0.25) is 0 Å². The van der Waals surface area contributed by atoms with Gasteiger partial charge in [0.1, 0.15) is 6.23 Å². The molecule has 1 atom stereocenters. The van der Waals surface area contributed by atoms with Crippen LogP contribution in [-0.4, -0.2) is 19.4 Å². The fourth-order valence-electron chi connectivity index (χ4n) is 1.16. The van der Waals surface area contributed by atoms with Crippen LogP contribution in [-0.2, 0) is 4.74 Å². The van der Waals surface area contributed by atoms with Gasteiger partial charge in [-0.25, -0.2) is 0 Å². The molecule has 1 saturated heterocycles. The number of rotatable bonds is 2. The van der Waals surface area contributed by atoms with Crippen molar-refractivity contribution in [1.82, 2.24) is 5.32 Å². The summed E-state index contributed by atoms with van der Waals surface area (Å²) in [5.74, 6) is 0. The fourth-order valence-corrected chi connectivity index (χ4v) is 1.16. The summed E-state index contributed by atoms with van der Waals surface area (Å²) in [5, 5.41) is 3.30. The third kappa shape index (κ3) is 3.40. The van der Waals surface area contributed by atoms with Gasteiger partial charge in [-0.15, -0.1) is 12.4 Å². The van der Waals surface area contributed by atoms with E-state index in [9.17, 15) is 0 Å². The molecule has 3 heteroatoms. The molecule has 1 fully saturated rings. The maximum atomic E-state index is 5.37.